The molecular weight excluding hydrogens is 252 g/mol. The van der Waals surface area contributed by atoms with Gasteiger partial charge < -0.3 is 4.74 Å². The fraction of sp³-hybridized carbons (Fsp3) is 0.889. The maximum Gasteiger partial charge on any atom is 0.214 e. The Morgan fingerprint density at radius 1 is 1.50 bits per heavy atom. The highest BCUT2D eigenvalue weighted by Gasteiger charge is 2.28. The minimum absolute atomic E-state index is 0.0951. The van der Waals surface area contributed by atoms with Gasteiger partial charge in [0.2, 0.25) is 10.0 Å². The molecule has 0 radical (unpaired) electrons. The second-order valence-corrected chi connectivity index (χ2v) is 6.03. The third kappa shape index (κ3) is 3.91. The number of hydrogen-bond acceptors (Lipinski definition) is 4. The number of sulfonamides is 1. The van der Waals surface area contributed by atoms with Crippen LogP contribution in [-0.2, 0) is 14.8 Å². The van der Waals surface area contributed by atoms with Crippen molar-refractivity contribution in [3.05, 3.63) is 0 Å². The van der Waals surface area contributed by atoms with Gasteiger partial charge in [-0.25, -0.2) is 8.42 Å². The number of ether oxygens (including phenoxy) is 1. The molecule has 1 aliphatic heterocycles. The van der Waals surface area contributed by atoms with E-state index in [1.54, 1.807) is 0 Å². The Hall–Kier alpha value is -0.350. The monoisotopic (exact) mass is 266 g/mol. The topological polar surface area (TPSA) is 70.4 Å². The van der Waals surface area contributed by atoms with Gasteiger partial charge >= 0.3 is 0 Å². The van der Waals surface area contributed by atoms with Gasteiger partial charge in [0.25, 0.3) is 0 Å². The zero-order valence-electron chi connectivity index (χ0n) is 8.93. The van der Waals surface area contributed by atoms with Crippen molar-refractivity contribution in [3.63, 3.8) is 0 Å². The molecule has 1 aliphatic rings. The van der Waals surface area contributed by atoms with Crippen LogP contribution in [0.5, 0.6) is 0 Å². The Bertz CT molecular complexity index is 352. The van der Waals surface area contributed by atoms with Gasteiger partial charge in [-0.1, -0.05) is 0 Å². The first-order valence-electron chi connectivity index (χ1n) is 5.15. The smallest absolute Gasteiger partial charge is 0.214 e. The van der Waals surface area contributed by atoms with Gasteiger partial charge in [-0.15, -0.1) is 11.6 Å². The van der Waals surface area contributed by atoms with E-state index in [9.17, 15) is 8.42 Å². The molecule has 92 valence electrons. The van der Waals surface area contributed by atoms with Crippen LogP contribution in [0.25, 0.3) is 0 Å². The molecule has 1 unspecified atom stereocenters. The summed E-state index contributed by atoms with van der Waals surface area (Å²) in [5, 5.41) is 8.67. The molecule has 1 heterocycles. The first kappa shape index (κ1) is 13.7. The lowest BCUT2D eigenvalue weighted by molar-refractivity contribution is 0.0311. The van der Waals surface area contributed by atoms with Crippen molar-refractivity contribution >= 4 is 21.6 Å². The summed E-state index contributed by atoms with van der Waals surface area (Å²) in [6.45, 7) is 0.758. The van der Waals surface area contributed by atoms with Gasteiger partial charge in [-0.3, -0.25) is 0 Å². The summed E-state index contributed by atoms with van der Waals surface area (Å²) in [4.78, 5) is 0. The lowest BCUT2D eigenvalue weighted by Gasteiger charge is -2.28. The normalized spacial score (nSPS) is 22.9. The highest BCUT2D eigenvalue weighted by molar-refractivity contribution is 7.89. The van der Waals surface area contributed by atoms with E-state index in [1.807, 2.05) is 6.07 Å². The Morgan fingerprint density at radius 3 is 2.88 bits per heavy atom. The van der Waals surface area contributed by atoms with Gasteiger partial charge in [0.15, 0.2) is 6.10 Å². The van der Waals surface area contributed by atoms with Crippen molar-refractivity contribution in [2.75, 3.05) is 31.3 Å². The first-order valence-corrected chi connectivity index (χ1v) is 7.29. The number of hydrogen-bond donors (Lipinski definition) is 0. The van der Waals surface area contributed by atoms with Crippen molar-refractivity contribution in [1.29, 1.82) is 5.26 Å². The van der Waals surface area contributed by atoms with Gasteiger partial charge in [0, 0.05) is 12.4 Å². The molecule has 0 aliphatic carbocycles. The average Bonchev–Trinajstić information content (AvgIpc) is 2.29. The molecule has 1 rings (SSSR count). The number of halogens is 1. The Kier molecular flexibility index (Phi) is 5.49. The second kappa shape index (κ2) is 6.40. The number of nitrogens with zero attached hydrogens (tertiary/aromatic N) is 2. The maximum absolute atomic E-state index is 11.8. The fourth-order valence-corrected chi connectivity index (χ4v) is 3.20. The van der Waals surface area contributed by atoms with Crippen LogP contribution in [0, 0.1) is 11.3 Å². The molecule has 1 atom stereocenters. The van der Waals surface area contributed by atoms with E-state index in [-0.39, 0.29) is 18.9 Å². The molecule has 0 aromatic heterocycles. The molecule has 0 spiro atoms. The largest absolute Gasteiger partial charge is 0.361 e. The molecule has 1 fully saturated rings. The first-order chi connectivity index (χ1) is 7.60. The Labute approximate surface area is 101 Å². The third-order valence-electron chi connectivity index (χ3n) is 2.35. The third-order valence-corrected chi connectivity index (χ3v) is 4.54. The van der Waals surface area contributed by atoms with Crippen molar-refractivity contribution in [2.45, 2.75) is 18.9 Å². The lowest BCUT2D eigenvalue weighted by atomic mass is 10.3. The molecule has 1 saturated heterocycles. The number of unbranched alkanes of at least 4 members (excludes halogenated alkanes) is 1. The van der Waals surface area contributed by atoms with Crippen molar-refractivity contribution in [1.82, 2.24) is 4.31 Å². The van der Waals surface area contributed by atoms with Gasteiger partial charge in [0.1, 0.15) is 0 Å². The van der Waals surface area contributed by atoms with Crippen LogP contribution in [0.15, 0.2) is 0 Å². The molecular formula is C9H15ClN2O3S. The Morgan fingerprint density at radius 2 is 2.25 bits per heavy atom. The van der Waals surface area contributed by atoms with Crippen LogP contribution in [0.4, 0.5) is 0 Å². The number of alkyl halides is 1. The van der Waals surface area contributed by atoms with Crippen LogP contribution < -0.4 is 0 Å². The van der Waals surface area contributed by atoms with E-state index in [1.165, 1.54) is 4.31 Å². The molecule has 7 heteroatoms. The molecule has 0 bridgehead atoms. The van der Waals surface area contributed by atoms with Crippen molar-refractivity contribution in [2.24, 2.45) is 0 Å². The summed E-state index contributed by atoms with van der Waals surface area (Å²) in [6, 6.07) is 1.92. The molecule has 0 aromatic rings. The standard InChI is InChI=1S/C9H15ClN2O3S/c10-3-1-2-6-16(13,14)12-4-5-15-9(7-11)8-12/h9H,1-6,8H2. The van der Waals surface area contributed by atoms with E-state index in [2.05, 4.69) is 0 Å². The van der Waals surface area contributed by atoms with E-state index < -0.39 is 16.1 Å². The average molecular weight is 267 g/mol. The summed E-state index contributed by atoms with van der Waals surface area (Å²) in [5.74, 6) is 0.567. The highest BCUT2D eigenvalue weighted by atomic mass is 35.5. The van der Waals surface area contributed by atoms with Crippen LogP contribution in [0.1, 0.15) is 12.8 Å². The molecule has 5 nitrogen and oxygen atoms in total. The van der Waals surface area contributed by atoms with Crippen LogP contribution in [0.3, 0.4) is 0 Å². The number of nitriles is 1. The molecule has 16 heavy (non-hydrogen) atoms. The van der Waals surface area contributed by atoms with E-state index in [0.717, 1.165) is 0 Å². The fourth-order valence-electron chi connectivity index (χ4n) is 1.46. The number of rotatable bonds is 5. The predicted molar refractivity (Wildman–Crippen MR) is 60.7 cm³/mol. The zero-order chi connectivity index (χ0) is 12.0. The van der Waals surface area contributed by atoms with Crippen molar-refractivity contribution < 1.29 is 13.2 Å². The molecule has 0 aromatic carbocycles. The molecule has 0 amide bonds. The van der Waals surface area contributed by atoms with Gasteiger partial charge in [0.05, 0.1) is 25.0 Å². The van der Waals surface area contributed by atoms with Crippen LogP contribution >= 0.6 is 11.6 Å². The van der Waals surface area contributed by atoms with Crippen LogP contribution in [0.2, 0.25) is 0 Å². The number of morpholine rings is 1. The highest BCUT2D eigenvalue weighted by Crippen LogP contribution is 2.11. The summed E-state index contributed by atoms with van der Waals surface area (Å²) >= 11 is 5.49. The van der Waals surface area contributed by atoms with E-state index >= 15 is 0 Å². The van der Waals surface area contributed by atoms with Gasteiger partial charge in [-0.05, 0) is 12.8 Å². The van der Waals surface area contributed by atoms with Crippen LogP contribution in [-0.4, -0.2) is 50.2 Å². The quantitative estimate of drug-likeness (QED) is 0.539. The minimum atomic E-state index is -3.26. The van der Waals surface area contributed by atoms with E-state index in [4.69, 9.17) is 21.6 Å². The van der Waals surface area contributed by atoms with Crippen molar-refractivity contribution in [3.8, 4) is 6.07 Å². The maximum atomic E-state index is 11.8. The summed E-state index contributed by atoms with van der Waals surface area (Å²) < 4.78 is 30.1. The second-order valence-electron chi connectivity index (χ2n) is 3.56. The van der Waals surface area contributed by atoms with Gasteiger partial charge in [-0.2, -0.15) is 9.57 Å². The molecule has 0 saturated carbocycles. The summed E-state index contributed by atoms with van der Waals surface area (Å²) in [5.41, 5.74) is 0. The predicted octanol–water partition coefficient (Wildman–Crippen LogP) is 0.560. The minimum Gasteiger partial charge on any atom is -0.361 e. The molecule has 0 N–H and O–H groups in total. The SMILES string of the molecule is N#CC1CN(S(=O)(=O)CCCCCl)CCO1. The summed E-state index contributed by atoms with van der Waals surface area (Å²) in [7, 11) is -3.26. The Balaban J connectivity index is 2.51. The van der Waals surface area contributed by atoms with E-state index in [0.29, 0.717) is 25.3 Å². The summed E-state index contributed by atoms with van der Waals surface area (Å²) in [6.07, 6.45) is 0.601. The zero-order valence-corrected chi connectivity index (χ0v) is 10.5. The lowest BCUT2D eigenvalue weighted by Crippen LogP contribution is -2.45.